The summed E-state index contributed by atoms with van der Waals surface area (Å²) in [5.41, 5.74) is 5.45. The smallest absolute Gasteiger partial charge is 0.157 e. The summed E-state index contributed by atoms with van der Waals surface area (Å²) >= 11 is 2.19. The lowest BCUT2D eigenvalue weighted by molar-refractivity contribution is 0.806. The molecule has 14 heavy (non-hydrogen) atoms. The second-order valence-corrected chi connectivity index (χ2v) is 3.88. The molecule has 6 heteroatoms. The zero-order valence-electron chi connectivity index (χ0n) is 7.26. The minimum Gasteiger partial charge on any atom is -0.324 e. The summed E-state index contributed by atoms with van der Waals surface area (Å²) in [5.74, 6) is 1.36. The van der Waals surface area contributed by atoms with Crippen LogP contribution in [0.5, 0.6) is 0 Å². The van der Waals surface area contributed by atoms with Crippen molar-refractivity contribution in [2.75, 3.05) is 0 Å². The van der Waals surface area contributed by atoms with Crippen molar-refractivity contribution in [1.82, 2.24) is 19.7 Å². The van der Waals surface area contributed by atoms with E-state index in [1.807, 2.05) is 6.20 Å². The van der Waals surface area contributed by atoms with Gasteiger partial charge >= 0.3 is 0 Å². The number of nitrogens with two attached hydrogens (primary N) is 1. The quantitative estimate of drug-likeness (QED) is 0.830. The van der Waals surface area contributed by atoms with Gasteiger partial charge < -0.3 is 5.73 Å². The summed E-state index contributed by atoms with van der Waals surface area (Å²) in [5, 5.41) is 4.14. The predicted octanol–water partition coefficient (Wildman–Crippen LogP) is 0.726. The standard InChI is InChI=1S/C8H8IN5/c9-6-4-12-14(5-6)8-1-2-11-7(3-10)13-8/h1-2,4-5H,3,10H2. The van der Waals surface area contributed by atoms with Crippen molar-refractivity contribution in [3.63, 3.8) is 0 Å². The van der Waals surface area contributed by atoms with E-state index in [1.54, 1.807) is 23.1 Å². The Labute approximate surface area is 94.5 Å². The highest BCUT2D eigenvalue weighted by atomic mass is 127. The molecule has 5 nitrogen and oxygen atoms in total. The lowest BCUT2D eigenvalue weighted by Gasteiger charge is -2.00. The maximum Gasteiger partial charge on any atom is 0.157 e. The van der Waals surface area contributed by atoms with Crippen LogP contribution in [-0.4, -0.2) is 19.7 Å². The molecule has 0 saturated carbocycles. The first-order chi connectivity index (χ1) is 6.79. The zero-order chi connectivity index (χ0) is 9.97. The fourth-order valence-corrected chi connectivity index (χ4v) is 1.43. The monoisotopic (exact) mass is 301 g/mol. The van der Waals surface area contributed by atoms with Crippen molar-refractivity contribution in [3.8, 4) is 5.82 Å². The summed E-state index contributed by atoms with van der Waals surface area (Å²) in [6, 6.07) is 1.79. The number of aromatic nitrogens is 4. The van der Waals surface area contributed by atoms with Crippen LogP contribution in [0.3, 0.4) is 0 Å². The molecular formula is C8H8IN5. The summed E-state index contributed by atoms with van der Waals surface area (Å²) < 4.78 is 2.76. The van der Waals surface area contributed by atoms with E-state index in [9.17, 15) is 0 Å². The Morgan fingerprint density at radius 1 is 1.50 bits per heavy atom. The molecule has 0 saturated heterocycles. The predicted molar refractivity (Wildman–Crippen MR) is 59.8 cm³/mol. The number of hydrogen-bond acceptors (Lipinski definition) is 4. The molecule has 0 unspecified atom stereocenters. The van der Waals surface area contributed by atoms with E-state index in [-0.39, 0.29) is 0 Å². The van der Waals surface area contributed by atoms with Crippen LogP contribution >= 0.6 is 22.6 Å². The largest absolute Gasteiger partial charge is 0.324 e. The van der Waals surface area contributed by atoms with E-state index in [4.69, 9.17) is 5.73 Å². The molecule has 0 atom stereocenters. The molecule has 0 bridgehead atoms. The third-order valence-corrected chi connectivity index (χ3v) is 2.22. The van der Waals surface area contributed by atoms with Crippen molar-refractivity contribution in [3.05, 3.63) is 34.1 Å². The first-order valence-electron chi connectivity index (χ1n) is 4.02. The Hall–Kier alpha value is -1.02. The van der Waals surface area contributed by atoms with Crippen molar-refractivity contribution < 1.29 is 0 Å². The average molecular weight is 301 g/mol. The van der Waals surface area contributed by atoms with Crippen LogP contribution in [0.4, 0.5) is 0 Å². The topological polar surface area (TPSA) is 69.6 Å². The Bertz CT molecular complexity index is 439. The van der Waals surface area contributed by atoms with Gasteiger partial charge in [-0.05, 0) is 22.6 Å². The van der Waals surface area contributed by atoms with Gasteiger partial charge in [-0.25, -0.2) is 14.6 Å². The fourth-order valence-electron chi connectivity index (χ4n) is 1.04. The van der Waals surface area contributed by atoms with E-state index in [0.717, 1.165) is 9.39 Å². The lowest BCUT2D eigenvalue weighted by atomic mass is 10.5. The van der Waals surface area contributed by atoms with Gasteiger partial charge in [0.25, 0.3) is 0 Å². The van der Waals surface area contributed by atoms with Gasteiger partial charge in [-0.15, -0.1) is 0 Å². The molecule has 0 aliphatic rings. The van der Waals surface area contributed by atoms with Crippen LogP contribution in [0.25, 0.3) is 5.82 Å². The minimum atomic E-state index is 0.339. The highest BCUT2D eigenvalue weighted by Crippen LogP contribution is 2.06. The Balaban J connectivity index is 2.41. The third kappa shape index (κ3) is 1.90. The fraction of sp³-hybridized carbons (Fsp3) is 0.125. The van der Waals surface area contributed by atoms with Crippen LogP contribution in [0.1, 0.15) is 5.82 Å². The van der Waals surface area contributed by atoms with Gasteiger partial charge in [-0.3, -0.25) is 0 Å². The van der Waals surface area contributed by atoms with Crippen molar-refractivity contribution in [2.24, 2.45) is 5.73 Å². The van der Waals surface area contributed by atoms with Gasteiger partial charge in [0.2, 0.25) is 0 Å². The van der Waals surface area contributed by atoms with Crippen molar-refractivity contribution >= 4 is 22.6 Å². The SMILES string of the molecule is NCc1nccc(-n2cc(I)cn2)n1. The average Bonchev–Trinajstić information content (AvgIpc) is 2.65. The van der Waals surface area contributed by atoms with Crippen LogP contribution in [0.2, 0.25) is 0 Å². The Morgan fingerprint density at radius 3 is 3.00 bits per heavy atom. The van der Waals surface area contributed by atoms with Crippen LogP contribution in [-0.2, 0) is 6.54 Å². The normalized spacial score (nSPS) is 10.4. The van der Waals surface area contributed by atoms with Gasteiger partial charge in [0.1, 0.15) is 5.82 Å². The minimum absolute atomic E-state index is 0.339. The molecular weight excluding hydrogens is 293 g/mol. The van der Waals surface area contributed by atoms with Crippen molar-refractivity contribution in [2.45, 2.75) is 6.54 Å². The van der Waals surface area contributed by atoms with E-state index in [1.165, 1.54) is 0 Å². The molecule has 0 radical (unpaired) electrons. The van der Waals surface area contributed by atoms with Gasteiger partial charge in [-0.2, -0.15) is 5.10 Å². The number of hydrogen-bond donors (Lipinski definition) is 1. The van der Waals surface area contributed by atoms with E-state index >= 15 is 0 Å². The summed E-state index contributed by atoms with van der Waals surface area (Å²) in [6.45, 7) is 0.339. The molecule has 72 valence electrons. The molecule has 0 fully saturated rings. The highest BCUT2D eigenvalue weighted by Gasteiger charge is 2.01. The van der Waals surface area contributed by atoms with Gasteiger partial charge in [-0.1, -0.05) is 0 Å². The van der Waals surface area contributed by atoms with Crippen LogP contribution in [0.15, 0.2) is 24.7 Å². The van der Waals surface area contributed by atoms with Crippen LogP contribution in [0, 0.1) is 3.57 Å². The number of rotatable bonds is 2. The molecule has 2 heterocycles. The van der Waals surface area contributed by atoms with Gasteiger partial charge in [0, 0.05) is 18.5 Å². The van der Waals surface area contributed by atoms with Crippen LogP contribution < -0.4 is 5.73 Å². The number of halogens is 1. The molecule has 2 aromatic rings. The van der Waals surface area contributed by atoms with E-state index < -0.39 is 0 Å². The Kier molecular flexibility index (Phi) is 2.73. The van der Waals surface area contributed by atoms with Crippen molar-refractivity contribution in [1.29, 1.82) is 0 Å². The Morgan fingerprint density at radius 2 is 2.36 bits per heavy atom. The molecule has 0 amide bonds. The second kappa shape index (κ2) is 4.01. The second-order valence-electron chi connectivity index (χ2n) is 2.64. The maximum atomic E-state index is 5.45. The molecule has 0 aliphatic carbocycles. The summed E-state index contributed by atoms with van der Waals surface area (Å²) in [7, 11) is 0. The van der Waals surface area contributed by atoms with E-state index in [0.29, 0.717) is 12.4 Å². The van der Waals surface area contributed by atoms with E-state index in [2.05, 4.69) is 37.7 Å². The molecule has 2 rings (SSSR count). The molecule has 0 aliphatic heterocycles. The zero-order valence-corrected chi connectivity index (χ0v) is 9.42. The third-order valence-electron chi connectivity index (χ3n) is 1.66. The maximum absolute atomic E-state index is 5.45. The summed E-state index contributed by atoms with van der Waals surface area (Å²) in [4.78, 5) is 8.25. The highest BCUT2D eigenvalue weighted by molar-refractivity contribution is 14.1. The first kappa shape index (κ1) is 9.53. The van der Waals surface area contributed by atoms with Gasteiger partial charge in [0.05, 0.1) is 16.3 Å². The molecule has 0 aromatic carbocycles. The lowest BCUT2D eigenvalue weighted by Crippen LogP contribution is -2.06. The molecule has 2 N–H and O–H groups in total. The van der Waals surface area contributed by atoms with Gasteiger partial charge in [0.15, 0.2) is 5.82 Å². The molecule has 0 spiro atoms. The molecule has 2 aromatic heterocycles. The summed E-state index contributed by atoms with van der Waals surface area (Å²) in [6.07, 6.45) is 5.34. The number of nitrogens with zero attached hydrogens (tertiary/aromatic N) is 4. The first-order valence-corrected chi connectivity index (χ1v) is 5.10.